The van der Waals surface area contributed by atoms with Crippen LogP contribution in [0.2, 0.25) is 0 Å². The van der Waals surface area contributed by atoms with Gasteiger partial charge in [-0.1, -0.05) is 12.1 Å². The largest absolute Gasteiger partial charge is 0.355 e. The third-order valence-electron chi connectivity index (χ3n) is 5.82. The van der Waals surface area contributed by atoms with Crippen molar-refractivity contribution in [2.24, 2.45) is 0 Å². The zero-order valence-corrected chi connectivity index (χ0v) is 17.3. The maximum atomic E-state index is 13.3. The highest BCUT2D eigenvalue weighted by atomic mass is 19.1. The van der Waals surface area contributed by atoms with E-state index in [2.05, 4.69) is 20.7 Å². The Labute approximate surface area is 183 Å². The number of nitrogens with one attached hydrogen (secondary N) is 2. The van der Waals surface area contributed by atoms with Crippen molar-refractivity contribution in [2.75, 3.05) is 7.05 Å². The number of pyridine rings is 1. The van der Waals surface area contributed by atoms with E-state index < -0.39 is 5.54 Å². The predicted octanol–water partition coefficient (Wildman–Crippen LogP) is 3.34. The van der Waals surface area contributed by atoms with Crippen molar-refractivity contribution < 1.29 is 14.0 Å². The molecule has 2 N–H and O–H groups in total. The summed E-state index contributed by atoms with van der Waals surface area (Å²) in [6.07, 6.45) is 6.33. The molecule has 0 saturated heterocycles. The monoisotopic (exact) mass is 429 g/mol. The second-order valence-corrected chi connectivity index (χ2v) is 7.85. The second kappa shape index (κ2) is 7.56. The summed E-state index contributed by atoms with van der Waals surface area (Å²) in [5.74, 6) is -0.764. The molecule has 1 saturated carbocycles. The van der Waals surface area contributed by atoms with E-state index in [1.54, 1.807) is 42.3 Å². The zero-order valence-electron chi connectivity index (χ0n) is 17.3. The minimum Gasteiger partial charge on any atom is -0.355 e. The Bertz CT molecular complexity index is 1340. The highest BCUT2D eigenvalue weighted by Gasteiger charge is 2.46. The minimum absolute atomic E-state index is 0.170. The van der Waals surface area contributed by atoms with Gasteiger partial charge in [0.2, 0.25) is 0 Å². The number of hydrogen-bond donors (Lipinski definition) is 2. The molecule has 2 aromatic carbocycles. The molecule has 0 aliphatic heterocycles. The summed E-state index contributed by atoms with van der Waals surface area (Å²) in [6.45, 7) is 0. The molecule has 8 heteroatoms. The van der Waals surface area contributed by atoms with Crippen LogP contribution in [0.4, 0.5) is 4.39 Å². The predicted molar refractivity (Wildman–Crippen MR) is 117 cm³/mol. The Kier molecular flexibility index (Phi) is 4.70. The quantitative estimate of drug-likeness (QED) is 0.509. The van der Waals surface area contributed by atoms with Crippen molar-refractivity contribution >= 4 is 22.7 Å². The third kappa shape index (κ3) is 3.39. The summed E-state index contributed by atoms with van der Waals surface area (Å²) in [6, 6.07) is 13.3. The average Bonchev–Trinajstić information content (AvgIpc) is 3.48. The Morgan fingerprint density at radius 1 is 1.03 bits per heavy atom. The van der Waals surface area contributed by atoms with Gasteiger partial charge >= 0.3 is 0 Å². The van der Waals surface area contributed by atoms with Gasteiger partial charge in [-0.25, -0.2) is 9.07 Å². The molecule has 1 fully saturated rings. The van der Waals surface area contributed by atoms with Gasteiger partial charge in [0.15, 0.2) is 0 Å². The fraction of sp³-hybridized carbons (Fsp3) is 0.167. The Hall–Kier alpha value is -4.07. The summed E-state index contributed by atoms with van der Waals surface area (Å²) < 4.78 is 14.9. The molecule has 0 atom stereocenters. The summed E-state index contributed by atoms with van der Waals surface area (Å²) in [4.78, 5) is 29.5. The van der Waals surface area contributed by atoms with Crippen molar-refractivity contribution in [1.29, 1.82) is 0 Å². The lowest BCUT2D eigenvalue weighted by molar-refractivity contribution is 0.0931. The number of nitrogens with zero attached hydrogens (tertiary/aromatic N) is 3. The van der Waals surface area contributed by atoms with Gasteiger partial charge in [-0.05, 0) is 54.8 Å². The average molecular weight is 429 g/mol. The van der Waals surface area contributed by atoms with E-state index in [0.29, 0.717) is 27.7 Å². The highest BCUT2D eigenvalue weighted by Crippen LogP contribution is 2.46. The van der Waals surface area contributed by atoms with Crippen LogP contribution in [0.15, 0.2) is 67.1 Å². The number of benzene rings is 2. The van der Waals surface area contributed by atoms with E-state index in [4.69, 9.17) is 0 Å². The molecule has 0 unspecified atom stereocenters. The van der Waals surface area contributed by atoms with Gasteiger partial charge in [0.05, 0.1) is 34.7 Å². The molecule has 7 nitrogen and oxygen atoms in total. The van der Waals surface area contributed by atoms with Gasteiger partial charge < -0.3 is 10.6 Å². The van der Waals surface area contributed by atoms with Crippen LogP contribution in [-0.2, 0) is 5.54 Å². The number of fused-ring (bicyclic) bond motifs is 1. The maximum absolute atomic E-state index is 13.3. The third-order valence-corrected chi connectivity index (χ3v) is 5.82. The zero-order chi connectivity index (χ0) is 22.3. The topological polar surface area (TPSA) is 88.9 Å². The van der Waals surface area contributed by atoms with Gasteiger partial charge in [0.25, 0.3) is 11.8 Å². The van der Waals surface area contributed by atoms with Crippen molar-refractivity contribution in [3.05, 3.63) is 89.6 Å². The molecule has 1 aliphatic rings. The molecule has 0 bridgehead atoms. The first-order valence-electron chi connectivity index (χ1n) is 10.2. The van der Waals surface area contributed by atoms with Crippen molar-refractivity contribution in [3.63, 3.8) is 0 Å². The Morgan fingerprint density at radius 3 is 2.53 bits per heavy atom. The van der Waals surface area contributed by atoms with Crippen LogP contribution in [0, 0.1) is 5.82 Å². The highest BCUT2D eigenvalue weighted by molar-refractivity contribution is 6.06. The second-order valence-electron chi connectivity index (χ2n) is 7.85. The smallest absolute Gasteiger partial charge is 0.254 e. The van der Waals surface area contributed by atoms with E-state index in [9.17, 15) is 14.0 Å². The summed E-state index contributed by atoms with van der Waals surface area (Å²) >= 11 is 0. The molecule has 1 aliphatic carbocycles. The molecule has 2 heterocycles. The fourth-order valence-electron chi connectivity index (χ4n) is 3.91. The van der Waals surface area contributed by atoms with Gasteiger partial charge in [-0.15, -0.1) is 0 Å². The van der Waals surface area contributed by atoms with Crippen LogP contribution >= 0.6 is 0 Å². The lowest BCUT2D eigenvalue weighted by atomic mass is 10.0. The van der Waals surface area contributed by atoms with Crippen LogP contribution in [0.1, 0.15) is 39.1 Å². The van der Waals surface area contributed by atoms with Crippen molar-refractivity contribution in [3.8, 4) is 5.69 Å². The van der Waals surface area contributed by atoms with E-state index in [1.807, 2.05) is 18.2 Å². The van der Waals surface area contributed by atoms with Gasteiger partial charge in [-0.2, -0.15) is 5.10 Å². The minimum atomic E-state index is -0.504. The Morgan fingerprint density at radius 2 is 1.81 bits per heavy atom. The van der Waals surface area contributed by atoms with E-state index in [1.165, 1.54) is 18.3 Å². The Balaban J connectivity index is 1.46. The molecule has 0 radical (unpaired) electrons. The van der Waals surface area contributed by atoms with E-state index >= 15 is 0 Å². The number of rotatable bonds is 5. The molecular formula is C24H20FN5O2. The number of carbonyl (C=O) groups is 2. The SMILES string of the molecule is CNC(=O)c1cccc(C2(NC(=O)c3cncc4c3cnn4-c3ccc(F)cc3)CC2)c1. The first-order valence-corrected chi connectivity index (χ1v) is 10.2. The lowest BCUT2D eigenvalue weighted by Crippen LogP contribution is -2.35. The number of carbonyl (C=O) groups excluding carboxylic acids is 2. The first-order chi connectivity index (χ1) is 15.5. The molecule has 5 rings (SSSR count). The van der Waals surface area contributed by atoms with Crippen LogP contribution < -0.4 is 10.6 Å². The molecule has 2 amide bonds. The molecule has 32 heavy (non-hydrogen) atoms. The normalized spacial score (nSPS) is 14.2. The van der Waals surface area contributed by atoms with Crippen LogP contribution in [0.3, 0.4) is 0 Å². The summed E-state index contributed by atoms with van der Waals surface area (Å²) in [5.41, 5.74) is 2.67. The van der Waals surface area contributed by atoms with Crippen molar-refractivity contribution in [2.45, 2.75) is 18.4 Å². The standard InChI is InChI=1S/C24H20FN5O2/c1-26-22(31)15-3-2-4-16(11-15)24(9-10-24)29-23(32)20-12-27-14-21-19(20)13-28-30(21)18-7-5-17(25)6-8-18/h2-8,11-14H,9-10H2,1H3,(H,26,31)(H,29,32). The van der Waals surface area contributed by atoms with Crippen molar-refractivity contribution in [1.82, 2.24) is 25.4 Å². The molecule has 0 spiro atoms. The number of hydrogen-bond acceptors (Lipinski definition) is 4. The number of halogens is 1. The first kappa shape index (κ1) is 19.9. The fourth-order valence-corrected chi connectivity index (χ4v) is 3.91. The van der Waals surface area contributed by atoms with E-state index in [0.717, 1.165) is 18.4 Å². The molecule has 4 aromatic rings. The van der Waals surface area contributed by atoms with Crippen LogP contribution in [-0.4, -0.2) is 33.6 Å². The van der Waals surface area contributed by atoms with Crippen LogP contribution in [0.25, 0.3) is 16.6 Å². The number of amides is 2. The van der Waals surface area contributed by atoms with Gasteiger partial charge in [0, 0.05) is 24.2 Å². The molecule has 2 aromatic heterocycles. The van der Waals surface area contributed by atoms with E-state index in [-0.39, 0.29) is 17.6 Å². The number of aromatic nitrogens is 3. The maximum Gasteiger partial charge on any atom is 0.254 e. The van der Waals surface area contributed by atoms with Gasteiger partial charge in [0.1, 0.15) is 5.82 Å². The summed E-state index contributed by atoms with van der Waals surface area (Å²) in [5, 5.41) is 10.8. The molecular weight excluding hydrogens is 409 g/mol. The summed E-state index contributed by atoms with van der Waals surface area (Å²) in [7, 11) is 1.59. The van der Waals surface area contributed by atoms with Gasteiger partial charge in [-0.3, -0.25) is 14.6 Å². The molecule has 160 valence electrons. The lowest BCUT2D eigenvalue weighted by Gasteiger charge is -2.19. The van der Waals surface area contributed by atoms with Crippen LogP contribution in [0.5, 0.6) is 0 Å².